The number of aromatic hydroxyl groups is 2. The Morgan fingerprint density at radius 1 is 1.30 bits per heavy atom. The Hall–Kier alpha value is -2.01. The summed E-state index contributed by atoms with van der Waals surface area (Å²) in [5.41, 5.74) is 0.00441. The van der Waals surface area contributed by atoms with Gasteiger partial charge < -0.3 is 20.1 Å². The zero-order valence-corrected chi connectivity index (χ0v) is 12.9. The molecule has 126 valence electrons. The number of allylic oxidation sites excluding steroid dienone is 1. The lowest BCUT2D eigenvalue weighted by atomic mass is 10.0. The van der Waals surface area contributed by atoms with Gasteiger partial charge >= 0.3 is 5.97 Å². The fourth-order valence-corrected chi connectivity index (χ4v) is 2.23. The van der Waals surface area contributed by atoms with Gasteiger partial charge in [0.1, 0.15) is 17.1 Å². The maximum absolute atomic E-state index is 12.5. The maximum Gasteiger partial charge on any atom is 0.342 e. The van der Waals surface area contributed by atoms with Gasteiger partial charge in [-0.25, -0.2) is 4.79 Å². The van der Waals surface area contributed by atoms with Crippen LogP contribution in [-0.4, -0.2) is 33.5 Å². The standard InChI is InChI=1S/C18H24O5/c1-12-6-5-9-14(19)8-4-2-3-7-13-10-15(20)11-16(21)17(13)18(22)23-12/h3,7,10-12,14,19-21H,2,4-6,8-9H2,1H3/b7-3+/t12-,14?/m0/s1/i8D2,9D2,14D. The van der Waals surface area contributed by atoms with Gasteiger partial charge in [-0.3, -0.25) is 0 Å². The van der Waals surface area contributed by atoms with Crippen LogP contribution in [0.15, 0.2) is 18.2 Å². The summed E-state index contributed by atoms with van der Waals surface area (Å²) in [6, 6.07) is 2.25. The number of rotatable bonds is 0. The number of benzene rings is 1. The van der Waals surface area contributed by atoms with E-state index in [1.54, 1.807) is 0 Å². The first-order valence-electron chi connectivity index (χ1n) is 9.94. The van der Waals surface area contributed by atoms with Crippen molar-refractivity contribution in [1.82, 2.24) is 0 Å². The second-order valence-corrected chi connectivity index (χ2v) is 5.33. The minimum Gasteiger partial charge on any atom is -0.508 e. The Morgan fingerprint density at radius 2 is 2.04 bits per heavy atom. The number of fused-ring (bicyclic) bond motifs is 1. The van der Waals surface area contributed by atoms with Crippen molar-refractivity contribution in [3.05, 3.63) is 29.3 Å². The normalized spacial score (nSPS) is 35.8. The number of esters is 1. The van der Waals surface area contributed by atoms with Crippen LogP contribution < -0.4 is 0 Å². The number of carbonyl (C=O) groups excluding carboxylic acids is 1. The van der Waals surface area contributed by atoms with Crippen LogP contribution in [0.1, 0.15) is 68.1 Å². The second kappa shape index (κ2) is 8.02. The largest absolute Gasteiger partial charge is 0.508 e. The first kappa shape index (κ1) is 11.5. The average molecular weight is 325 g/mol. The van der Waals surface area contributed by atoms with Gasteiger partial charge in [0.2, 0.25) is 0 Å². The topological polar surface area (TPSA) is 87.0 Å². The van der Waals surface area contributed by atoms with Crippen molar-refractivity contribution in [3.63, 3.8) is 0 Å². The van der Waals surface area contributed by atoms with Gasteiger partial charge in [-0.1, -0.05) is 12.2 Å². The molecule has 1 unspecified atom stereocenters. The third-order valence-corrected chi connectivity index (χ3v) is 3.39. The molecule has 2 rings (SSSR count). The van der Waals surface area contributed by atoms with Gasteiger partial charge in [0.05, 0.1) is 13.6 Å². The summed E-state index contributed by atoms with van der Waals surface area (Å²) >= 11 is 0. The minimum absolute atomic E-state index is 0.0194. The fraction of sp³-hybridized carbons (Fsp3) is 0.500. The third-order valence-electron chi connectivity index (χ3n) is 3.39. The van der Waals surface area contributed by atoms with E-state index in [0.717, 1.165) is 6.07 Å². The molecule has 1 aliphatic rings. The van der Waals surface area contributed by atoms with E-state index in [-0.39, 0.29) is 36.1 Å². The lowest BCUT2D eigenvalue weighted by molar-refractivity contribution is 0.0307. The van der Waals surface area contributed by atoms with Gasteiger partial charge in [-0.05, 0) is 57.0 Å². The molecule has 1 aliphatic heterocycles. The van der Waals surface area contributed by atoms with Crippen LogP contribution in [0.2, 0.25) is 0 Å². The van der Waals surface area contributed by atoms with E-state index >= 15 is 0 Å². The minimum atomic E-state index is -3.00. The molecule has 0 spiro atoms. The lowest BCUT2D eigenvalue weighted by Crippen LogP contribution is -2.17. The summed E-state index contributed by atoms with van der Waals surface area (Å²) < 4.78 is 45.2. The summed E-state index contributed by atoms with van der Waals surface area (Å²) in [5.74, 6) is -1.61. The third kappa shape index (κ3) is 4.99. The van der Waals surface area contributed by atoms with Gasteiger partial charge in [-0.2, -0.15) is 0 Å². The van der Waals surface area contributed by atoms with Gasteiger partial charge in [-0.15, -0.1) is 0 Å². The molecule has 0 saturated carbocycles. The molecule has 0 bridgehead atoms. The van der Waals surface area contributed by atoms with E-state index in [9.17, 15) is 20.1 Å². The van der Waals surface area contributed by atoms with Gasteiger partial charge in [0, 0.05) is 11.5 Å². The Kier molecular flexibility index (Phi) is 4.01. The molecule has 5 nitrogen and oxygen atoms in total. The predicted molar refractivity (Wildman–Crippen MR) is 87.4 cm³/mol. The molecule has 1 aromatic carbocycles. The molecule has 0 amide bonds. The van der Waals surface area contributed by atoms with Crippen LogP contribution >= 0.6 is 0 Å². The Labute approximate surface area is 143 Å². The number of aliphatic hydroxyl groups is 1. The number of phenols is 2. The summed E-state index contributed by atoms with van der Waals surface area (Å²) in [5, 5.41) is 30.1. The van der Waals surface area contributed by atoms with E-state index in [4.69, 9.17) is 11.6 Å². The van der Waals surface area contributed by atoms with Crippen LogP contribution in [0.5, 0.6) is 11.5 Å². The van der Waals surface area contributed by atoms with Crippen LogP contribution in [0.25, 0.3) is 6.08 Å². The summed E-state index contributed by atoms with van der Waals surface area (Å²) in [4.78, 5) is 12.5. The molecule has 0 saturated heterocycles. The highest BCUT2D eigenvalue weighted by atomic mass is 16.5. The molecule has 0 radical (unpaired) electrons. The van der Waals surface area contributed by atoms with Crippen molar-refractivity contribution in [3.8, 4) is 11.5 Å². The van der Waals surface area contributed by atoms with Crippen molar-refractivity contribution in [2.75, 3.05) is 0 Å². The maximum atomic E-state index is 12.5. The number of ether oxygens (including phenoxy) is 1. The van der Waals surface area contributed by atoms with Gasteiger partial charge in [0.25, 0.3) is 0 Å². The number of phenolic OH excluding ortho intramolecular Hbond substituents is 2. The zero-order valence-electron chi connectivity index (χ0n) is 17.9. The van der Waals surface area contributed by atoms with Crippen LogP contribution in [-0.2, 0) is 4.74 Å². The van der Waals surface area contributed by atoms with Gasteiger partial charge in [0.15, 0.2) is 0 Å². The first-order valence-corrected chi connectivity index (χ1v) is 7.44. The van der Waals surface area contributed by atoms with E-state index in [1.807, 2.05) is 0 Å². The van der Waals surface area contributed by atoms with Crippen LogP contribution in [0.3, 0.4) is 0 Å². The van der Waals surface area contributed by atoms with Crippen molar-refractivity contribution >= 4 is 12.0 Å². The molecule has 5 heteroatoms. The molecule has 0 aliphatic carbocycles. The Bertz CT molecular complexity index is 776. The smallest absolute Gasteiger partial charge is 0.342 e. The average Bonchev–Trinajstić information content (AvgIpc) is 2.55. The van der Waals surface area contributed by atoms with E-state index in [2.05, 4.69) is 0 Å². The van der Waals surface area contributed by atoms with Crippen LogP contribution in [0.4, 0.5) is 0 Å². The van der Waals surface area contributed by atoms with Crippen molar-refractivity contribution in [2.45, 2.75) is 57.5 Å². The number of cyclic esters (lactones) is 1. The molecule has 1 heterocycles. The van der Waals surface area contributed by atoms with E-state index in [1.165, 1.54) is 25.1 Å². The SMILES string of the molecule is [2H]C1([2H])CC/C=C/c2cc(O)cc(O)c2C(=O)O[C@@H](C)CCC([2H])([2H])C1([2H])O. The van der Waals surface area contributed by atoms with Crippen LogP contribution in [0, 0.1) is 0 Å². The highest BCUT2D eigenvalue weighted by Crippen LogP contribution is 2.30. The number of carbonyl (C=O) groups is 1. The Balaban J connectivity index is 2.47. The predicted octanol–water partition coefficient (Wildman–Crippen LogP) is 3.37. The summed E-state index contributed by atoms with van der Waals surface area (Å²) in [6.07, 6.45) is -6.93. The van der Waals surface area contributed by atoms with Crippen molar-refractivity contribution in [2.24, 2.45) is 0 Å². The molecule has 0 fully saturated rings. The molecule has 3 N–H and O–H groups in total. The molecule has 0 aromatic heterocycles. The second-order valence-electron chi connectivity index (χ2n) is 5.33. The van der Waals surface area contributed by atoms with E-state index < -0.39 is 43.1 Å². The summed E-state index contributed by atoms with van der Waals surface area (Å²) in [7, 11) is 0. The Morgan fingerprint density at radius 3 is 2.83 bits per heavy atom. The van der Waals surface area contributed by atoms with Crippen molar-refractivity contribution in [1.29, 1.82) is 0 Å². The molecule has 1 aromatic rings. The lowest BCUT2D eigenvalue weighted by Gasteiger charge is -2.17. The highest BCUT2D eigenvalue weighted by Gasteiger charge is 2.20. The zero-order chi connectivity index (χ0) is 21.3. The molecular formula is C18H24O5. The first-order chi connectivity index (χ1) is 12.8. The molecule has 23 heavy (non-hydrogen) atoms. The molecular weight excluding hydrogens is 296 g/mol. The molecule has 2 atom stereocenters. The number of hydrogen-bond acceptors (Lipinski definition) is 5. The summed E-state index contributed by atoms with van der Waals surface area (Å²) in [6.45, 7) is 1.49. The quantitative estimate of drug-likeness (QED) is 0.637. The van der Waals surface area contributed by atoms with E-state index in [0.29, 0.717) is 0 Å². The monoisotopic (exact) mass is 325 g/mol. The fourth-order valence-electron chi connectivity index (χ4n) is 2.23. The number of hydrogen-bond donors (Lipinski definition) is 3. The highest BCUT2D eigenvalue weighted by molar-refractivity contribution is 5.97. The van der Waals surface area contributed by atoms with Crippen molar-refractivity contribution < 1.29 is 31.7 Å².